The van der Waals surface area contributed by atoms with Gasteiger partial charge in [-0.15, -0.1) is 0 Å². The summed E-state index contributed by atoms with van der Waals surface area (Å²) in [5, 5.41) is 7.80. The van der Waals surface area contributed by atoms with Crippen LogP contribution in [0.5, 0.6) is 0 Å². The van der Waals surface area contributed by atoms with Crippen LogP contribution in [0.3, 0.4) is 0 Å². The first-order valence-electron chi connectivity index (χ1n) is 22.4. The van der Waals surface area contributed by atoms with E-state index in [-0.39, 0.29) is 0 Å². The van der Waals surface area contributed by atoms with Gasteiger partial charge in [0.15, 0.2) is 6.20 Å². The molecule has 0 N–H and O–H groups in total. The van der Waals surface area contributed by atoms with E-state index in [2.05, 4.69) is 167 Å². The Balaban J connectivity index is 1.28. The second-order valence-corrected chi connectivity index (χ2v) is 17.1. The number of aromatic nitrogens is 2. The lowest BCUT2D eigenvalue weighted by atomic mass is 9.85. The summed E-state index contributed by atoms with van der Waals surface area (Å²) in [6.07, 6.45) is 17.5. The van der Waals surface area contributed by atoms with Gasteiger partial charge in [-0.3, -0.25) is 4.98 Å². The Kier molecular flexibility index (Phi) is 12.6. The minimum atomic E-state index is 0.545. The third-order valence-electron chi connectivity index (χ3n) is 12.8. The van der Waals surface area contributed by atoms with Crippen molar-refractivity contribution in [2.45, 2.75) is 104 Å². The minimum Gasteiger partial charge on any atom is -0.256 e. The van der Waals surface area contributed by atoms with Crippen molar-refractivity contribution in [3.63, 3.8) is 0 Å². The van der Waals surface area contributed by atoms with E-state index >= 15 is 0 Å². The van der Waals surface area contributed by atoms with Gasteiger partial charge in [0.05, 0.1) is 16.6 Å². The van der Waals surface area contributed by atoms with E-state index in [1.54, 1.807) is 0 Å². The highest BCUT2D eigenvalue weighted by molar-refractivity contribution is 6.18. The molecule has 0 saturated carbocycles. The molecule has 0 bridgehead atoms. The number of aryl methyl sites for hydroxylation is 3. The van der Waals surface area contributed by atoms with Crippen molar-refractivity contribution in [2.24, 2.45) is 7.05 Å². The topological polar surface area (TPSA) is 16.8 Å². The second kappa shape index (κ2) is 18.5. The highest BCUT2D eigenvalue weighted by Crippen LogP contribution is 2.39. The molecule has 8 rings (SSSR count). The number of hydrogen-bond donors (Lipinski definition) is 0. The average Bonchev–Trinajstić information content (AvgIpc) is 3.27. The van der Waals surface area contributed by atoms with Crippen molar-refractivity contribution in [1.29, 1.82) is 0 Å². The van der Waals surface area contributed by atoms with Crippen LogP contribution in [-0.2, 0) is 19.9 Å². The molecular weight excluding hydrogens is 713 g/mol. The van der Waals surface area contributed by atoms with Crippen molar-refractivity contribution in [3.8, 4) is 33.6 Å². The molecule has 1 unspecified atom stereocenters. The van der Waals surface area contributed by atoms with Crippen molar-refractivity contribution < 1.29 is 4.57 Å². The molecule has 1 atom stereocenters. The molecule has 0 radical (unpaired) electrons. The van der Waals surface area contributed by atoms with E-state index in [9.17, 15) is 0 Å². The maximum atomic E-state index is 4.97. The number of unbranched alkanes of at least 4 members (excludes halogenated alkanes) is 6. The molecule has 0 saturated heterocycles. The summed E-state index contributed by atoms with van der Waals surface area (Å²) in [7, 11) is 2.22. The molecule has 8 aromatic rings. The van der Waals surface area contributed by atoms with Crippen LogP contribution in [0.4, 0.5) is 0 Å². The summed E-state index contributed by atoms with van der Waals surface area (Å²) in [6.45, 7) is 9.26. The molecule has 0 amide bonds. The first-order valence-corrected chi connectivity index (χ1v) is 22.4. The van der Waals surface area contributed by atoms with Crippen molar-refractivity contribution in [1.82, 2.24) is 4.98 Å². The molecule has 6 aromatic carbocycles. The second-order valence-electron chi connectivity index (χ2n) is 17.1. The van der Waals surface area contributed by atoms with Crippen LogP contribution in [0.2, 0.25) is 0 Å². The molecule has 0 fully saturated rings. The Bertz CT molecular complexity index is 2710. The van der Waals surface area contributed by atoms with Gasteiger partial charge >= 0.3 is 0 Å². The quantitative estimate of drug-likeness (QED) is 0.0543. The number of pyridine rings is 2. The van der Waals surface area contributed by atoms with Gasteiger partial charge < -0.3 is 0 Å². The monoisotopic (exact) mass is 773 g/mol. The summed E-state index contributed by atoms with van der Waals surface area (Å²) >= 11 is 0. The van der Waals surface area contributed by atoms with Crippen LogP contribution in [0, 0.1) is 6.92 Å². The van der Waals surface area contributed by atoms with E-state index in [4.69, 9.17) is 4.98 Å². The normalized spacial score (nSPS) is 12.2. The summed E-state index contributed by atoms with van der Waals surface area (Å²) in [5.41, 5.74) is 14.3. The lowest BCUT2D eigenvalue weighted by Crippen LogP contribution is -2.31. The number of fused-ring (bicyclic) bond motifs is 5. The lowest BCUT2D eigenvalue weighted by molar-refractivity contribution is -0.659. The smallest absolute Gasteiger partial charge is 0.220 e. The van der Waals surface area contributed by atoms with E-state index in [0.29, 0.717) is 5.92 Å². The van der Waals surface area contributed by atoms with Gasteiger partial charge in [0.1, 0.15) is 7.05 Å². The highest BCUT2D eigenvalue weighted by atomic mass is 14.9. The van der Waals surface area contributed by atoms with E-state index in [0.717, 1.165) is 18.5 Å². The third-order valence-corrected chi connectivity index (χ3v) is 12.8. The molecule has 2 nitrogen and oxygen atoms in total. The summed E-state index contributed by atoms with van der Waals surface area (Å²) < 4.78 is 2.36. The zero-order chi connectivity index (χ0) is 40.7. The largest absolute Gasteiger partial charge is 0.256 e. The third kappa shape index (κ3) is 8.74. The number of benzene rings is 6. The van der Waals surface area contributed by atoms with Gasteiger partial charge in [-0.1, -0.05) is 157 Å². The first-order chi connectivity index (χ1) is 28.9. The SMILES string of the molecule is CCCCCCCc1cc(C)cc(-c2c3ccc4c5ccccc5ccc4c3cc[n+]2C)c1Cc1ccc(-c2cccc(C(C)CCCCC)c2)cc1-c1ccccn1. The Labute approximate surface area is 353 Å². The molecule has 298 valence electrons. The van der Waals surface area contributed by atoms with Crippen LogP contribution < -0.4 is 4.57 Å². The highest BCUT2D eigenvalue weighted by Gasteiger charge is 2.24. The van der Waals surface area contributed by atoms with Crippen LogP contribution in [-0.4, -0.2) is 4.98 Å². The zero-order valence-electron chi connectivity index (χ0n) is 36.0. The van der Waals surface area contributed by atoms with Gasteiger partial charge in [-0.05, 0) is 129 Å². The van der Waals surface area contributed by atoms with Crippen LogP contribution in [0.1, 0.15) is 112 Å². The minimum absolute atomic E-state index is 0.545. The molecule has 2 heteroatoms. The van der Waals surface area contributed by atoms with Crippen LogP contribution in [0.25, 0.3) is 66.0 Å². The predicted octanol–water partition coefficient (Wildman–Crippen LogP) is 15.5. The van der Waals surface area contributed by atoms with Gasteiger partial charge in [-0.25, -0.2) is 4.57 Å². The zero-order valence-corrected chi connectivity index (χ0v) is 36.0. The molecule has 0 aliphatic heterocycles. The molecule has 0 spiro atoms. The predicted molar refractivity (Wildman–Crippen MR) is 253 cm³/mol. The van der Waals surface area contributed by atoms with Gasteiger partial charge in [0.25, 0.3) is 0 Å². The molecule has 0 aliphatic carbocycles. The maximum Gasteiger partial charge on any atom is 0.220 e. The summed E-state index contributed by atoms with van der Waals surface area (Å²) in [6, 6.07) is 48.1. The Morgan fingerprint density at radius 2 is 1.32 bits per heavy atom. The fourth-order valence-electron chi connectivity index (χ4n) is 9.49. The number of hydrogen-bond acceptors (Lipinski definition) is 1. The van der Waals surface area contributed by atoms with Crippen molar-refractivity contribution >= 4 is 32.3 Å². The van der Waals surface area contributed by atoms with Crippen molar-refractivity contribution in [3.05, 3.63) is 168 Å². The lowest BCUT2D eigenvalue weighted by Gasteiger charge is -2.19. The number of rotatable bonds is 16. The maximum absolute atomic E-state index is 4.97. The number of nitrogens with zero attached hydrogens (tertiary/aromatic N) is 2. The summed E-state index contributed by atoms with van der Waals surface area (Å²) in [5.74, 6) is 0.545. The Hall–Kier alpha value is -5.60. The molecule has 59 heavy (non-hydrogen) atoms. The fraction of sp³-hybridized carbons (Fsp3) is 0.298. The molecule has 0 aliphatic rings. The molecular formula is C57H61N2+. The Morgan fingerprint density at radius 3 is 2.17 bits per heavy atom. The standard InChI is InChI=1S/C57H61N2/c1-6-8-10-11-13-21-46-35-40(3)36-55(57-52-31-30-49-48-24-15-14-20-42(48)28-29-50(49)51(52)32-34-59(57)5)53(46)39-47-27-26-45(38-54(47)56-25-16-17-33-58-56)44-23-18-22-43(37-44)41(4)19-12-9-7-2/h14-18,20,22-38,41H,6-13,19,21,39H2,1-5H3/q+1. The molecule has 2 heterocycles. The van der Waals surface area contributed by atoms with Gasteiger partial charge in [0, 0.05) is 23.2 Å². The Morgan fingerprint density at radius 1 is 0.576 bits per heavy atom. The van der Waals surface area contributed by atoms with Crippen LogP contribution in [0.15, 0.2) is 140 Å². The first kappa shape index (κ1) is 40.2. The van der Waals surface area contributed by atoms with Gasteiger partial charge in [0.2, 0.25) is 5.69 Å². The van der Waals surface area contributed by atoms with E-state index in [1.807, 2.05) is 12.3 Å². The van der Waals surface area contributed by atoms with Crippen molar-refractivity contribution in [2.75, 3.05) is 0 Å². The van der Waals surface area contributed by atoms with Gasteiger partial charge in [-0.2, -0.15) is 0 Å². The average molecular weight is 774 g/mol. The van der Waals surface area contributed by atoms with E-state index < -0.39 is 0 Å². The molecule has 2 aromatic heterocycles. The van der Waals surface area contributed by atoms with Crippen LogP contribution >= 0.6 is 0 Å². The summed E-state index contributed by atoms with van der Waals surface area (Å²) in [4.78, 5) is 4.97. The van der Waals surface area contributed by atoms with E-state index in [1.165, 1.54) is 146 Å². The fourth-order valence-corrected chi connectivity index (χ4v) is 9.49.